The summed E-state index contributed by atoms with van der Waals surface area (Å²) in [6, 6.07) is 6.73. The van der Waals surface area contributed by atoms with Crippen molar-refractivity contribution in [3.63, 3.8) is 0 Å². The summed E-state index contributed by atoms with van der Waals surface area (Å²) in [6.45, 7) is 3.37. The van der Waals surface area contributed by atoms with Gasteiger partial charge in [-0.15, -0.1) is 0 Å². The van der Waals surface area contributed by atoms with Crippen LogP contribution in [0.4, 0.5) is 17.6 Å². The van der Waals surface area contributed by atoms with E-state index in [1.807, 2.05) is 20.0 Å². The molecule has 0 aliphatic rings. The normalized spacial score (nSPS) is 13.3. The van der Waals surface area contributed by atoms with Crippen LogP contribution in [0.5, 0.6) is 0 Å². The fourth-order valence-corrected chi connectivity index (χ4v) is 2.90. The van der Waals surface area contributed by atoms with Gasteiger partial charge in [0.25, 0.3) is 0 Å². The predicted molar refractivity (Wildman–Crippen MR) is 89.9 cm³/mol. The van der Waals surface area contributed by atoms with Gasteiger partial charge in [0.05, 0.1) is 5.56 Å². The van der Waals surface area contributed by atoms with Crippen molar-refractivity contribution in [2.75, 3.05) is 13.6 Å². The summed E-state index contributed by atoms with van der Waals surface area (Å²) in [5, 5.41) is 0.434. The molecule has 1 aromatic heterocycles. The lowest BCUT2D eigenvalue weighted by molar-refractivity contribution is -0.140. The lowest BCUT2D eigenvalue weighted by Gasteiger charge is -2.21. The van der Waals surface area contributed by atoms with Gasteiger partial charge in [-0.3, -0.25) is 0 Å². The van der Waals surface area contributed by atoms with Crippen molar-refractivity contribution in [2.24, 2.45) is 5.92 Å². The monoisotopic (exact) mass is 374 g/mol. The molecule has 0 radical (unpaired) electrons. The van der Waals surface area contributed by atoms with Gasteiger partial charge in [0.1, 0.15) is 11.0 Å². The molecule has 2 aromatic rings. The van der Waals surface area contributed by atoms with E-state index in [1.54, 1.807) is 12.3 Å². The van der Waals surface area contributed by atoms with Crippen LogP contribution < -0.4 is 0 Å². The summed E-state index contributed by atoms with van der Waals surface area (Å²) in [5.74, 6) is -1.07. The lowest BCUT2D eigenvalue weighted by atomic mass is 9.99. The maximum Gasteiger partial charge on any atom is 0.419 e. The number of pyridine rings is 1. The third kappa shape index (κ3) is 5.97. The van der Waals surface area contributed by atoms with Crippen LogP contribution in [0.3, 0.4) is 0 Å². The fourth-order valence-electron chi connectivity index (χ4n) is 2.79. The maximum absolute atomic E-state index is 13.6. The SMILES string of the molecule is CC(Cc1ccc(C(F)(F)F)c(F)c1)CN(C)Cc1ccc(Cl)nc1. The van der Waals surface area contributed by atoms with E-state index in [-0.39, 0.29) is 5.92 Å². The standard InChI is InChI=1S/C18H19ClF4N2/c1-12(10-25(2)11-14-4-6-17(19)24-9-14)7-13-3-5-15(16(20)8-13)18(21,22)23/h3-6,8-9,12H,7,10-11H2,1-2H3. The molecule has 136 valence electrons. The Balaban J connectivity index is 1.92. The van der Waals surface area contributed by atoms with Gasteiger partial charge in [-0.2, -0.15) is 13.2 Å². The number of hydrogen-bond acceptors (Lipinski definition) is 2. The molecule has 0 N–H and O–H groups in total. The molecule has 0 fully saturated rings. The minimum atomic E-state index is -4.67. The summed E-state index contributed by atoms with van der Waals surface area (Å²) < 4.78 is 51.4. The van der Waals surface area contributed by atoms with Gasteiger partial charge in [0, 0.05) is 19.3 Å². The van der Waals surface area contributed by atoms with Crippen molar-refractivity contribution in [1.29, 1.82) is 0 Å². The molecule has 0 bridgehead atoms. The number of alkyl halides is 3. The zero-order chi connectivity index (χ0) is 18.6. The van der Waals surface area contributed by atoms with E-state index in [2.05, 4.69) is 9.88 Å². The van der Waals surface area contributed by atoms with Gasteiger partial charge in [0.2, 0.25) is 0 Å². The molecule has 25 heavy (non-hydrogen) atoms. The van der Waals surface area contributed by atoms with E-state index < -0.39 is 17.6 Å². The average Bonchev–Trinajstić information content (AvgIpc) is 2.48. The average molecular weight is 375 g/mol. The van der Waals surface area contributed by atoms with E-state index in [0.717, 1.165) is 17.7 Å². The first-order chi connectivity index (χ1) is 11.6. The molecule has 2 rings (SSSR count). The van der Waals surface area contributed by atoms with Gasteiger partial charge in [-0.25, -0.2) is 9.37 Å². The van der Waals surface area contributed by atoms with Gasteiger partial charge < -0.3 is 4.90 Å². The number of hydrogen-bond donors (Lipinski definition) is 0. The van der Waals surface area contributed by atoms with Crippen molar-refractivity contribution < 1.29 is 17.6 Å². The van der Waals surface area contributed by atoms with E-state index in [4.69, 9.17) is 11.6 Å². The Labute approximate surface area is 149 Å². The molecule has 7 heteroatoms. The third-order valence-electron chi connectivity index (χ3n) is 3.79. The highest BCUT2D eigenvalue weighted by Gasteiger charge is 2.33. The van der Waals surface area contributed by atoms with E-state index in [9.17, 15) is 17.6 Å². The van der Waals surface area contributed by atoms with Gasteiger partial charge in [0.15, 0.2) is 0 Å². The molecule has 1 unspecified atom stereocenters. The lowest BCUT2D eigenvalue weighted by Crippen LogP contribution is -2.25. The first-order valence-electron chi connectivity index (χ1n) is 7.79. The summed E-state index contributed by atoms with van der Waals surface area (Å²) >= 11 is 5.75. The second kappa shape index (κ2) is 8.15. The molecular weight excluding hydrogens is 356 g/mol. The molecule has 1 atom stereocenters. The molecule has 0 aliphatic carbocycles. The Hall–Kier alpha value is -1.66. The highest BCUT2D eigenvalue weighted by molar-refractivity contribution is 6.29. The first-order valence-corrected chi connectivity index (χ1v) is 8.17. The van der Waals surface area contributed by atoms with Crippen molar-refractivity contribution in [3.05, 3.63) is 64.2 Å². The van der Waals surface area contributed by atoms with E-state index in [1.165, 1.54) is 6.07 Å². The quantitative estimate of drug-likeness (QED) is 0.510. The highest BCUT2D eigenvalue weighted by atomic mass is 35.5. The van der Waals surface area contributed by atoms with Crippen LogP contribution in [0.25, 0.3) is 0 Å². The molecule has 1 heterocycles. The smallest absolute Gasteiger partial charge is 0.302 e. The van der Waals surface area contributed by atoms with Crippen LogP contribution in [0.2, 0.25) is 5.15 Å². The number of rotatable bonds is 6. The van der Waals surface area contributed by atoms with Crippen molar-refractivity contribution >= 4 is 11.6 Å². The summed E-state index contributed by atoms with van der Waals surface area (Å²) in [6.07, 6.45) is -2.46. The maximum atomic E-state index is 13.6. The molecule has 0 saturated carbocycles. The van der Waals surface area contributed by atoms with E-state index >= 15 is 0 Å². The van der Waals surface area contributed by atoms with Crippen LogP contribution in [-0.4, -0.2) is 23.5 Å². The first kappa shape index (κ1) is 19.7. The largest absolute Gasteiger partial charge is 0.419 e. The molecule has 0 aliphatic heterocycles. The van der Waals surface area contributed by atoms with Gasteiger partial charge in [-0.1, -0.05) is 30.7 Å². The number of aromatic nitrogens is 1. The van der Waals surface area contributed by atoms with Crippen molar-refractivity contribution in [1.82, 2.24) is 9.88 Å². The Morgan fingerprint density at radius 2 is 1.84 bits per heavy atom. The second-order valence-corrected chi connectivity index (χ2v) is 6.69. The van der Waals surface area contributed by atoms with E-state index in [0.29, 0.717) is 30.2 Å². The second-order valence-electron chi connectivity index (χ2n) is 6.31. The van der Waals surface area contributed by atoms with Crippen molar-refractivity contribution in [2.45, 2.75) is 26.1 Å². The highest BCUT2D eigenvalue weighted by Crippen LogP contribution is 2.31. The number of nitrogens with zero attached hydrogens (tertiary/aromatic N) is 2. The van der Waals surface area contributed by atoms with Gasteiger partial charge in [-0.05, 0) is 48.7 Å². The Morgan fingerprint density at radius 3 is 2.40 bits per heavy atom. The molecule has 0 amide bonds. The number of halogens is 5. The molecule has 1 aromatic carbocycles. The molecule has 0 spiro atoms. The fraction of sp³-hybridized carbons (Fsp3) is 0.389. The van der Waals surface area contributed by atoms with Crippen LogP contribution in [0.1, 0.15) is 23.6 Å². The Morgan fingerprint density at radius 1 is 1.16 bits per heavy atom. The van der Waals surface area contributed by atoms with Crippen molar-refractivity contribution in [3.8, 4) is 0 Å². The third-order valence-corrected chi connectivity index (χ3v) is 4.01. The Kier molecular flexibility index (Phi) is 6.41. The molecule has 2 nitrogen and oxygen atoms in total. The summed E-state index contributed by atoms with van der Waals surface area (Å²) in [5.41, 5.74) is 0.343. The topological polar surface area (TPSA) is 16.1 Å². The minimum absolute atomic E-state index is 0.154. The minimum Gasteiger partial charge on any atom is -0.302 e. The summed E-state index contributed by atoms with van der Waals surface area (Å²) in [7, 11) is 1.94. The van der Waals surface area contributed by atoms with Crippen LogP contribution in [0.15, 0.2) is 36.5 Å². The Bertz CT molecular complexity index is 701. The predicted octanol–water partition coefficient (Wildman–Crippen LogP) is 5.20. The zero-order valence-corrected chi connectivity index (χ0v) is 14.7. The molecular formula is C18H19ClF4N2. The van der Waals surface area contributed by atoms with Crippen LogP contribution in [-0.2, 0) is 19.1 Å². The van der Waals surface area contributed by atoms with Crippen LogP contribution >= 0.6 is 11.6 Å². The number of benzene rings is 1. The van der Waals surface area contributed by atoms with Gasteiger partial charge >= 0.3 is 6.18 Å². The zero-order valence-electron chi connectivity index (χ0n) is 13.9. The molecule has 0 saturated heterocycles. The summed E-state index contributed by atoms with van der Waals surface area (Å²) in [4.78, 5) is 6.10. The van der Waals surface area contributed by atoms with Crippen LogP contribution in [0, 0.1) is 11.7 Å².